The number of aryl methyl sites for hydroxylation is 2. The van der Waals surface area contributed by atoms with Gasteiger partial charge in [0, 0.05) is 12.1 Å². The number of carbonyl (C=O) groups excluding carboxylic acids is 1. The van der Waals surface area contributed by atoms with Gasteiger partial charge in [-0.2, -0.15) is 0 Å². The Morgan fingerprint density at radius 1 is 1.45 bits per heavy atom. The van der Waals surface area contributed by atoms with Crippen molar-refractivity contribution in [2.75, 3.05) is 0 Å². The van der Waals surface area contributed by atoms with E-state index in [2.05, 4.69) is 9.97 Å². The van der Waals surface area contributed by atoms with Gasteiger partial charge in [0.1, 0.15) is 12.1 Å². The van der Waals surface area contributed by atoms with Gasteiger partial charge in [-0.05, 0) is 19.9 Å². The molecular weight excluding hydrogens is 140 g/mol. The molecule has 0 aromatic carbocycles. The third-order valence-electron chi connectivity index (χ3n) is 1.31. The van der Waals surface area contributed by atoms with Crippen molar-refractivity contribution in [2.45, 2.75) is 20.3 Å². The van der Waals surface area contributed by atoms with E-state index < -0.39 is 0 Å². The molecule has 0 atom stereocenters. The van der Waals surface area contributed by atoms with Gasteiger partial charge in [-0.3, -0.25) is 0 Å². The highest BCUT2D eigenvalue weighted by Crippen LogP contribution is 1.99. The molecule has 3 nitrogen and oxygen atoms in total. The summed E-state index contributed by atoms with van der Waals surface area (Å²) in [6, 6.07) is 1.82. The Labute approximate surface area is 65.5 Å². The fraction of sp³-hybridized carbons (Fsp3) is 0.375. The Balaban J connectivity index is 2.98. The Hall–Kier alpha value is -1.25. The standard InChI is InChI=1S/C8H10N2O/c1-6-5-8(3-4-11)10-7(2)9-6/h4-5H,3H2,1-2H3. The monoisotopic (exact) mass is 150 g/mol. The smallest absolute Gasteiger partial charge is 0.125 e. The van der Waals surface area contributed by atoms with Gasteiger partial charge in [-0.15, -0.1) is 0 Å². The first-order valence-electron chi connectivity index (χ1n) is 3.47. The summed E-state index contributed by atoms with van der Waals surface area (Å²) in [5.41, 5.74) is 1.71. The predicted molar refractivity (Wildman–Crippen MR) is 41.3 cm³/mol. The number of hydrogen-bond donors (Lipinski definition) is 0. The average Bonchev–Trinajstić information content (AvgIpc) is 1.85. The van der Waals surface area contributed by atoms with Crippen LogP contribution in [0.2, 0.25) is 0 Å². The van der Waals surface area contributed by atoms with Crippen LogP contribution in [0.1, 0.15) is 17.2 Å². The van der Waals surface area contributed by atoms with Crippen molar-refractivity contribution in [1.82, 2.24) is 9.97 Å². The highest BCUT2D eigenvalue weighted by molar-refractivity contribution is 5.53. The molecule has 0 fully saturated rings. The molecule has 0 unspecified atom stereocenters. The molecule has 3 heteroatoms. The average molecular weight is 150 g/mol. The van der Waals surface area contributed by atoms with Gasteiger partial charge in [0.05, 0.1) is 5.69 Å². The Morgan fingerprint density at radius 3 is 2.73 bits per heavy atom. The van der Waals surface area contributed by atoms with E-state index >= 15 is 0 Å². The third kappa shape index (κ3) is 2.11. The van der Waals surface area contributed by atoms with Crippen LogP contribution in [-0.2, 0) is 11.2 Å². The molecule has 1 rings (SSSR count). The van der Waals surface area contributed by atoms with E-state index in [-0.39, 0.29) is 0 Å². The molecule has 0 aliphatic carbocycles. The summed E-state index contributed by atoms with van der Waals surface area (Å²) in [7, 11) is 0. The normalized spacial score (nSPS) is 9.64. The van der Waals surface area contributed by atoms with E-state index in [1.54, 1.807) is 0 Å². The van der Waals surface area contributed by atoms with Crippen LogP contribution < -0.4 is 0 Å². The summed E-state index contributed by atoms with van der Waals surface area (Å²) in [5, 5.41) is 0. The van der Waals surface area contributed by atoms with E-state index in [0.717, 1.165) is 23.5 Å². The predicted octanol–water partition coefficient (Wildman–Crippen LogP) is 0.835. The first-order valence-corrected chi connectivity index (χ1v) is 3.47. The van der Waals surface area contributed by atoms with Gasteiger partial charge >= 0.3 is 0 Å². The van der Waals surface area contributed by atoms with Gasteiger partial charge in [-0.1, -0.05) is 0 Å². The lowest BCUT2D eigenvalue weighted by Gasteiger charge is -1.97. The van der Waals surface area contributed by atoms with E-state index in [9.17, 15) is 4.79 Å². The minimum Gasteiger partial charge on any atom is -0.303 e. The largest absolute Gasteiger partial charge is 0.303 e. The van der Waals surface area contributed by atoms with Crippen LogP contribution >= 0.6 is 0 Å². The summed E-state index contributed by atoms with van der Waals surface area (Å²) in [4.78, 5) is 18.3. The van der Waals surface area contributed by atoms with Gasteiger partial charge in [-0.25, -0.2) is 9.97 Å². The fourth-order valence-corrected chi connectivity index (χ4v) is 0.984. The minimum absolute atomic E-state index is 0.379. The zero-order valence-electron chi connectivity index (χ0n) is 6.66. The lowest BCUT2D eigenvalue weighted by Crippen LogP contribution is -1.97. The van der Waals surface area contributed by atoms with Crippen LogP contribution in [0.25, 0.3) is 0 Å². The van der Waals surface area contributed by atoms with Crippen LogP contribution in [0.15, 0.2) is 6.07 Å². The van der Waals surface area contributed by atoms with Crippen LogP contribution in [-0.4, -0.2) is 16.3 Å². The zero-order chi connectivity index (χ0) is 8.27. The molecule has 0 saturated heterocycles. The topological polar surface area (TPSA) is 42.9 Å². The molecule has 11 heavy (non-hydrogen) atoms. The number of aromatic nitrogens is 2. The van der Waals surface area contributed by atoms with Crippen LogP contribution in [0.5, 0.6) is 0 Å². The summed E-state index contributed by atoms with van der Waals surface area (Å²) >= 11 is 0. The highest BCUT2D eigenvalue weighted by atomic mass is 16.1. The Morgan fingerprint density at radius 2 is 2.18 bits per heavy atom. The van der Waals surface area contributed by atoms with Crippen molar-refractivity contribution in [3.63, 3.8) is 0 Å². The quantitative estimate of drug-likeness (QED) is 0.586. The van der Waals surface area contributed by atoms with Crippen molar-refractivity contribution >= 4 is 6.29 Å². The molecule has 58 valence electrons. The van der Waals surface area contributed by atoms with Gasteiger partial charge in [0.2, 0.25) is 0 Å². The van der Waals surface area contributed by atoms with E-state index in [1.807, 2.05) is 19.9 Å². The van der Waals surface area contributed by atoms with E-state index in [1.165, 1.54) is 0 Å². The molecule has 0 N–H and O–H groups in total. The number of carbonyl (C=O) groups is 1. The van der Waals surface area contributed by atoms with Crippen molar-refractivity contribution in [3.05, 3.63) is 23.3 Å². The molecular formula is C8H10N2O. The lowest BCUT2D eigenvalue weighted by molar-refractivity contribution is -0.107. The van der Waals surface area contributed by atoms with Gasteiger partial charge in [0.15, 0.2) is 0 Å². The zero-order valence-corrected chi connectivity index (χ0v) is 6.66. The molecule has 0 radical (unpaired) electrons. The van der Waals surface area contributed by atoms with E-state index in [4.69, 9.17) is 0 Å². The third-order valence-corrected chi connectivity index (χ3v) is 1.31. The molecule has 0 saturated carbocycles. The summed E-state index contributed by atoms with van der Waals surface area (Å²) in [5.74, 6) is 0.724. The Bertz CT molecular complexity index is 251. The molecule has 0 amide bonds. The molecule has 0 aliphatic heterocycles. The number of rotatable bonds is 2. The molecule has 0 bridgehead atoms. The molecule has 0 spiro atoms. The SMILES string of the molecule is Cc1cc(CC=O)nc(C)n1. The highest BCUT2D eigenvalue weighted by Gasteiger charge is 1.96. The van der Waals surface area contributed by atoms with Gasteiger partial charge in [0.25, 0.3) is 0 Å². The van der Waals surface area contributed by atoms with Crippen molar-refractivity contribution < 1.29 is 4.79 Å². The van der Waals surface area contributed by atoms with Gasteiger partial charge < -0.3 is 4.79 Å². The number of aldehydes is 1. The van der Waals surface area contributed by atoms with E-state index in [0.29, 0.717) is 6.42 Å². The first-order chi connectivity index (χ1) is 5.22. The van der Waals surface area contributed by atoms with Crippen molar-refractivity contribution in [1.29, 1.82) is 0 Å². The maximum atomic E-state index is 10.1. The summed E-state index contributed by atoms with van der Waals surface area (Å²) in [6.07, 6.45) is 1.23. The Kier molecular flexibility index (Phi) is 2.31. The van der Waals surface area contributed by atoms with Crippen molar-refractivity contribution in [3.8, 4) is 0 Å². The maximum absolute atomic E-state index is 10.1. The summed E-state index contributed by atoms with van der Waals surface area (Å²) in [6.45, 7) is 3.71. The second-order valence-corrected chi connectivity index (χ2v) is 2.42. The minimum atomic E-state index is 0.379. The molecule has 1 aromatic heterocycles. The van der Waals surface area contributed by atoms with Crippen LogP contribution in [0.4, 0.5) is 0 Å². The number of hydrogen-bond acceptors (Lipinski definition) is 3. The lowest BCUT2D eigenvalue weighted by atomic mass is 10.3. The van der Waals surface area contributed by atoms with Crippen LogP contribution in [0, 0.1) is 13.8 Å². The first kappa shape index (κ1) is 7.85. The second-order valence-electron chi connectivity index (χ2n) is 2.42. The van der Waals surface area contributed by atoms with Crippen molar-refractivity contribution in [2.24, 2.45) is 0 Å². The molecule has 0 aliphatic rings. The van der Waals surface area contributed by atoms with Crippen LogP contribution in [0.3, 0.4) is 0 Å². The second kappa shape index (κ2) is 3.23. The molecule has 1 heterocycles. The number of nitrogens with zero attached hydrogens (tertiary/aromatic N) is 2. The molecule has 1 aromatic rings. The summed E-state index contributed by atoms with van der Waals surface area (Å²) < 4.78 is 0. The fourth-order valence-electron chi connectivity index (χ4n) is 0.984. The maximum Gasteiger partial charge on any atom is 0.125 e.